The molecule has 0 N–H and O–H groups in total. The zero-order chi connectivity index (χ0) is 42.7. The minimum atomic E-state index is 0.653. The SMILES string of the molecule is C/C=C/CCOC.C/C=C/OC.C/C=C\COC.C=CCCOC.C=CCOC.C=COC.CC/C=C/OC.CC/C=C\COC.CCC/C=C/OC. The second-order valence-electron chi connectivity index (χ2n) is 9.04. The first kappa shape index (κ1) is 71.1. The summed E-state index contributed by atoms with van der Waals surface area (Å²) in [7, 11) is 14.9. The lowest BCUT2D eigenvalue weighted by Gasteiger charge is -1.87. The van der Waals surface area contributed by atoms with E-state index in [9.17, 15) is 0 Å². The average Bonchev–Trinajstić information content (AvgIpc) is 3.18. The predicted octanol–water partition coefficient (Wildman–Crippen LogP) is 11.9. The van der Waals surface area contributed by atoms with Crippen molar-refractivity contribution < 1.29 is 42.6 Å². The topological polar surface area (TPSA) is 83.1 Å². The molecule has 0 saturated heterocycles. The number of hydrogen-bond acceptors (Lipinski definition) is 9. The van der Waals surface area contributed by atoms with Crippen LogP contribution in [0.1, 0.15) is 80.1 Å². The highest BCUT2D eigenvalue weighted by atomic mass is 16.5. The molecule has 0 saturated carbocycles. The van der Waals surface area contributed by atoms with Crippen molar-refractivity contribution in [3.8, 4) is 0 Å². The van der Waals surface area contributed by atoms with Crippen molar-refractivity contribution in [1.82, 2.24) is 0 Å². The van der Waals surface area contributed by atoms with Crippen molar-refractivity contribution >= 4 is 0 Å². The third-order valence-corrected chi connectivity index (χ3v) is 4.29. The summed E-state index contributed by atoms with van der Waals surface area (Å²) < 4.78 is 41.6. The molecule has 0 aromatic heterocycles. The molecule has 0 amide bonds. The van der Waals surface area contributed by atoms with Crippen LogP contribution in [0.25, 0.3) is 0 Å². The minimum Gasteiger partial charge on any atom is -0.505 e. The molecule has 0 unspecified atom stereocenters. The van der Waals surface area contributed by atoms with Crippen LogP contribution in [0, 0.1) is 0 Å². The molecule has 0 rings (SSSR count). The van der Waals surface area contributed by atoms with E-state index in [1.165, 1.54) is 12.7 Å². The van der Waals surface area contributed by atoms with E-state index in [0.717, 1.165) is 58.5 Å². The van der Waals surface area contributed by atoms with Crippen LogP contribution in [0.5, 0.6) is 0 Å². The number of methoxy groups -OCH3 is 9. The van der Waals surface area contributed by atoms with Gasteiger partial charge >= 0.3 is 0 Å². The van der Waals surface area contributed by atoms with Gasteiger partial charge in [-0.3, -0.25) is 0 Å². The second-order valence-corrected chi connectivity index (χ2v) is 9.04. The van der Waals surface area contributed by atoms with Crippen LogP contribution < -0.4 is 0 Å². The molecule has 9 nitrogen and oxygen atoms in total. The molecule has 0 aliphatic rings. The van der Waals surface area contributed by atoms with E-state index in [-0.39, 0.29) is 0 Å². The average molecular weight is 761 g/mol. The summed E-state index contributed by atoms with van der Waals surface area (Å²) in [6.07, 6.45) is 34.3. The third kappa shape index (κ3) is 206. The largest absolute Gasteiger partial charge is 0.505 e. The zero-order valence-electron chi connectivity index (χ0n) is 37.2. The number of ether oxygens (including phenoxy) is 9. The molecule has 0 atom stereocenters. The Kier molecular flexibility index (Phi) is 148. The standard InChI is InChI=1S/3C6H12O.3C5H10O.2C4H8O.C3H6O/c3*1-3-4-5-6-7-2;3*1-3-4-5-6-2;2*1-3-4-5-2;1-3-4-2/h5-6H,3-4H2,1-2H3;4-5H,3,6H2,1-2H3;3-4H,5-6H2,1-2H3;4-5H,3H2,1-2H3;3-4H,5H2,1-2H3;3H,1,4-5H2,2H3;3-4H,1-2H3;3H,1,4H2,2H3;3H,1H2,2H3/b6-5+;5-4-;4-3+;5-4+;4-3-;;4-3+;;. The molecule has 0 fully saturated rings. The molecule has 0 heterocycles. The maximum Gasteiger partial charge on any atom is 0.0784 e. The molecule has 9 heteroatoms. The lowest BCUT2D eigenvalue weighted by Crippen LogP contribution is -1.82. The summed E-state index contributed by atoms with van der Waals surface area (Å²) in [6, 6.07) is 0. The van der Waals surface area contributed by atoms with Gasteiger partial charge in [-0.15, -0.1) is 13.2 Å². The first-order valence-corrected chi connectivity index (χ1v) is 17.9. The van der Waals surface area contributed by atoms with Crippen LogP contribution in [0.3, 0.4) is 0 Å². The van der Waals surface area contributed by atoms with Gasteiger partial charge in [0, 0.05) is 48.8 Å². The zero-order valence-corrected chi connectivity index (χ0v) is 37.2. The summed E-state index contributed by atoms with van der Waals surface area (Å²) in [6.45, 7) is 26.2. The Morgan fingerprint density at radius 1 is 0.396 bits per heavy atom. The van der Waals surface area contributed by atoms with Gasteiger partial charge in [0.1, 0.15) is 0 Å². The van der Waals surface area contributed by atoms with Crippen LogP contribution in [0.4, 0.5) is 0 Å². The van der Waals surface area contributed by atoms with Crippen LogP contribution in [-0.2, 0) is 42.6 Å². The quantitative estimate of drug-likeness (QED) is 0.0684. The number of hydrogen-bond donors (Lipinski definition) is 0. The highest BCUT2D eigenvalue weighted by Crippen LogP contribution is 1.86. The predicted molar refractivity (Wildman–Crippen MR) is 235 cm³/mol. The van der Waals surface area contributed by atoms with Gasteiger partial charge in [0.05, 0.1) is 73.3 Å². The van der Waals surface area contributed by atoms with Crippen molar-refractivity contribution in [3.05, 3.63) is 112 Å². The smallest absolute Gasteiger partial charge is 0.0784 e. The summed E-state index contributed by atoms with van der Waals surface area (Å²) in [5, 5.41) is 0. The van der Waals surface area contributed by atoms with Gasteiger partial charge in [-0.25, -0.2) is 0 Å². The van der Waals surface area contributed by atoms with Gasteiger partial charge in [0.25, 0.3) is 0 Å². The Bertz CT molecular complexity index is 677. The first-order valence-electron chi connectivity index (χ1n) is 17.9. The van der Waals surface area contributed by atoms with Crippen molar-refractivity contribution in [2.75, 3.05) is 97.0 Å². The van der Waals surface area contributed by atoms with Crippen molar-refractivity contribution in [1.29, 1.82) is 0 Å². The lowest BCUT2D eigenvalue weighted by atomic mass is 10.3. The molecule has 0 aromatic rings. The summed E-state index contributed by atoms with van der Waals surface area (Å²) in [5.74, 6) is 0. The summed E-state index contributed by atoms with van der Waals surface area (Å²) >= 11 is 0. The highest BCUT2D eigenvalue weighted by molar-refractivity contribution is 4.79. The maximum absolute atomic E-state index is 4.79. The van der Waals surface area contributed by atoms with Gasteiger partial charge in [0.2, 0.25) is 0 Å². The van der Waals surface area contributed by atoms with Crippen LogP contribution in [0.2, 0.25) is 0 Å². The Morgan fingerprint density at radius 2 is 0.849 bits per heavy atom. The highest BCUT2D eigenvalue weighted by Gasteiger charge is 1.72. The molecular weight excluding hydrogens is 672 g/mol. The van der Waals surface area contributed by atoms with Gasteiger partial charge in [-0.2, -0.15) is 0 Å². The third-order valence-electron chi connectivity index (χ3n) is 4.29. The molecule has 0 aliphatic heterocycles. The maximum atomic E-state index is 4.79. The van der Waals surface area contributed by atoms with E-state index >= 15 is 0 Å². The van der Waals surface area contributed by atoms with Crippen LogP contribution in [-0.4, -0.2) is 97.0 Å². The van der Waals surface area contributed by atoms with Crippen molar-refractivity contribution in [2.24, 2.45) is 0 Å². The minimum absolute atomic E-state index is 0.653. The molecule has 0 bridgehead atoms. The molecule has 0 aromatic carbocycles. The second kappa shape index (κ2) is 110. The van der Waals surface area contributed by atoms with Gasteiger partial charge in [0.15, 0.2) is 0 Å². The molecule has 318 valence electrons. The number of unbranched alkanes of at least 4 members (excludes halogenated alkanes) is 1. The molecule has 0 radical (unpaired) electrons. The van der Waals surface area contributed by atoms with E-state index in [1.807, 2.05) is 69.4 Å². The van der Waals surface area contributed by atoms with E-state index in [1.54, 1.807) is 88.9 Å². The first-order chi connectivity index (χ1) is 25.7. The molecular formula is C44H88O9. The van der Waals surface area contributed by atoms with Gasteiger partial charge in [-0.1, -0.05) is 94.5 Å². The van der Waals surface area contributed by atoms with E-state index < -0.39 is 0 Å². The fourth-order valence-corrected chi connectivity index (χ4v) is 1.85. The fraction of sp³-hybridized carbons (Fsp3) is 0.591. The number of rotatable bonds is 20. The van der Waals surface area contributed by atoms with Crippen LogP contribution >= 0.6 is 0 Å². The van der Waals surface area contributed by atoms with E-state index in [2.05, 4.69) is 76.3 Å². The summed E-state index contributed by atoms with van der Waals surface area (Å²) in [4.78, 5) is 0. The Morgan fingerprint density at radius 3 is 1.08 bits per heavy atom. The van der Waals surface area contributed by atoms with Gasteiger partial charge < -0.3 is 42.6 Å². The van der Waals surface area contributed by atoms with Crippen LogP contribution in [0.15, 0.2) is 112 Å². The Balaban J connectivity index is -0.0000000590. The van der Waals surface area contributed by atoms with E-state index in [0.29, 0.717) is 6.61 Å². The number of allylic oxidation sites excluding steroid dienone is 6. The Labute approximate surface area is 330 Å². The van der Waals surface area contributed by atoms with Gasteiger partial charge in [-0.05, 0) is 59.0 Å². The fourth-order valence-electron chi connectivity index (χ4n) is 1.85. The van der Waals surface area contributed by atoms with E-state index in [4.69, 9.17) is 18.9 Å². The summed E-state index contributed by atoms with van der Waals surface area (Å²) in [5.41, 5.74) is 0. The van der Waals surface area contributed by atoms with Crippen molar-refractivity contribution in [2.45, 2.75) is 80.1 Å². The Hall–Kier alpha value is -3.34. The molecule has 53 heavy (non-hydrogen) atoms. The molecule has 0 aliphatic carbocycles. The normalized spacial score (nSPS) is 9.26. The van der Waals surface area contributed by atoms with Crippen molar-refractivity contribution in [3.63, 3.8) is 0 Å². The monoisotopic (exact) mass is 761 g/mol. The molecule has 0 spiro atoms. The lowest BCUT2D eigenvalue weighted by molar-refractivity contribution is 0.204.